The first-order valence-corrected chi connectivity index (χ1v) is 9.59. The van der Waals surface area contributed by atoms with Crippen molar-refractivity contribution in [2.24, 2.45) is 0 Å². The lowest BCUT2D eigenvalue weighted by atomic mass is 10.0. The number of nitriles is 1. The third-order valence-corrected chi connectivity index (χ3v) is 5.16. The largest absolute Gasteiger partial charge is 0.417 e. The first-order chi connectivity index (χ1) is 14.7. The number of nitrogens with one attached hydrogen (secondary N) is 1. The van der Waals surface area contributed by atoms with Crippen LogP contribution >= 0.6 is 0 Å². The van der Waals surface area contributed by atoms with Gasteiger partial charge in [0.05, 0.1) is 23.7 Å². The molecule has 1 N–H and O–H groups in total. The Morgan fingerprint density at radius 2 is 2.10 bits per heavy atom. The number of piperazine rings is 1. The van der Waals surface area contributed by atoms with Crippen LogP contribution in [0.3, 0.4) is 0 Å². The Hall–Kier alpha value is -3.55. The number of carbonyl (C=O) groups excluding carboxylic acids is 2. The summed E-state index contributed by atoms with van der Waals surface area (Å²) in [6.07, 6.45) is -1.16. The van der Waals surface area contributed by atoms with E-state index >= 15 is 0 Å². The predicted octanol–water partition coefficient (Wildman–Crippen LogP) is 1.63. The molecule has 3 rings (SSSR count). The number of amides is 2. The minimum absolute atomic E-state index is 0.0406. The maximum Gasteiger partial charge on any atom is 0.417 e. The Morgan fingerprint density at radius 3 is 2.71 bits per heavy atom. The standard InChI is InChI=1S/C20H21F3N6O2/c1-25-19(31)17-13-27(18(30)5-8-28-7-2-6-26-28)9-10-29(17)15-4-3-14(12-24)16(11-15)20(21,22)23/h2-4,6-7,11,17H,5,8-10,13H2,1H3,(H,25,31). The Kier molecular flexibility index (Phi) is 6.48. The zero-order valence-electron chi connectivity index (χ0n) is 16.8. The molecule has 1 fully saturated rings. The van der Waals surface area contributed by atoms with E-state index in [2.05, 4.69) is 10.4 Å². The molecule has 0 spiro atoms. The second-order valence-corrected chi connectivity index (χ2v) is 7.02. The number of hydrogen-bond acceptors (Lipinski definition) is 5. The van der Waals surface area contributed by atoms with E-state index in [1.165, 1.54) is 22.9 Å². The van der Waals surface area contributed by atoms with E-state index in [0.717, 1.165) is 12.1 Å². The molecule has 1 aromatic carbocycles. The van der Waals surface area contributed by atoms with Crippen LogP contribution in [-0.4, -0.2) is 59.2 Å². The zero-order valence-corrected chi connectivity index (χ0v) is 16.8. The van der Waals surface area contributed by atoms with Crippen molar-refractivity contribution in [1.29, 1.82) is 5.26 Å². The Balaban J connectivity index is 1.80. The van der Waals surface area contributed by atoms with Gasteiger partial charge in [0, 0.05) is 51.2 Å². The van der Waals surface area contributed by atoms with E-state index in [1.54, 1.807) is 29.2 Å². The van der Waals surface area contributed by atoms with Gasteiger partial charge >= 0.3 is 6.18 Å². The number of carbonyl (C=O) groups is 2. The van der Waals surface area contributed by atoms with Gasteiger partial charge in [-0.3, -0.25) is 14.3 Å². The fraction of sp³-hybridized carbons (Fsp3) is 0.400. The number of rotatable bonds is 5. The van der Waals surface area contributed by atoms with Crippen LogP contribution in [0.5, 0.6) is 0 Å². The van der Waals surface area contributed by atoms with Crippen molar-refractivity contribution < 1.29 is 22.8 Å². The van der Waals surface area contributed by atoms with Crippen molar-refractivity contribution in [1.82, 2.24) is 20.0 Å². The van der Waals surface area contributed by atoms with Crippen molar-refractivity contribution in [3.63, 3.8) is 0 Å². The summed E-state index contributed by atoms with van der Waals surface area (Å²) in [4.78, 5) is 28.2. The summed E-state index contributed by atoms with van der Waals surface area (Å²) in [6, 6.07) is 5.80. The quantitative estimate of drug-likeness (QED) is 0.772. The van der Waals surface area contributed by atoms with Crippen molar-refractivity contribution in [3.8, 4) is 6.07 Å². The first-order valence-electron chi connectivity index (χ1n) is 9.59. The van der Waals surface area contributed by atoms with Crippen molar-refractivity contribution in [3.05, 3.63) is 47.8 Å². The normalized spacial score (nSPS) is 16.7. The number of likely N-dealkylation sites (N-methyl/N-ethyl adjacent to an activating group) is 1. The summed E-state index contributed by atoms with van der Waals surface area (Å²) in [7, 11) is 1.43. The molecule has 31 heavy (non-hydrogen) atoms. The molecule has 164 valence electrons. The Labute approximate surface area is 176 Å². The summed E-state index contributed by atoms with van der Waals surface area (Å²) in [6.45, 7) is 0.863. The highest BCUT2D eigenvalue weighted by Gasteiger charge is 2.37. The molecule has 0 aliphatic carbocycles. The summed E-state index contributed by atoms with van der Waals surface area (Å²) in [5.74, 6) is -0.581. The molecule has 11 heteroatoms. The van der Waals surface area contributed by atoms with E-state index in [1.807, 2.05) is 0 Å². The third kappa shape index (κ3) is 4.96. The first kappa shape index (κ1) is 22.1. The number of alkyl halides is 3. The molecule has 1 unspecified atom stereocenters. The number of halogens is 3. The van der Waals surface area contributed by atoms with E-state index < -0.39 is 29.3 Å². The molecule has 2 aromatic rings. The summed E-state index contributed by atoms with van der Waals surface area (Å²) < 4.78 is 41.7. The number of benzene rings is 1. The summed E-state index contributed by atoms with van der Waals surface area (Å²) in [5.41, 5.74) is -1.37. The molecule has 1 aliphatic heterocycles. The molecule has 0 bridgehead atoms. The lowest BCUT2D eigenvalue weighted by Crippen LogP contribution is -2.60. The van der Waals surface area contributed by atoms with Gasteiger partial charge < -0.3 is 15.1 Å². The van der Waals surface area contributed by atoms with Gasteiger partial charge in [-0.05, 0) is 24.3 Å². The summed E-state index contributed by atoms with van der Waals surface area (Å²) >= 11 is 0. The van der Waals surface area contributed by atoms with Crippen LogP contribution < -0.4 is 10.2 Å². The van der Waals surface area contributed by atoms with E-state index in [4.69, 9.17) is 5.26 Å². The highest BCUT2D eigenvalue weighted by Crippen LogP contribution is 2.35. The highest BCUT2D eigenvalue weighted by atomic mass is 19.4. The minimum atomic E-state index is -4.70. The van der Waals surface area contributed by atoms with E-state index in [0.29, 0.717) is 6.54 Å². The van der Waals surface area contributed by atoms with Crippen LogP contribution in [0.25, 0.3) is 0 Å². The third-order valence-electron chi connectivity index (χ3n) is 5.16. The number of nitrogens with zero attached hydrogens (tertiary/aromatic N) is 5. The van der Waals surface area contributed by atoms with Crippen LogP contribution in [0.4, 0.5) is 18.9 Å². The van der Waals surface area contributed by atoms with Crippen LogP contribution in [0.15, 0.2) is 36.7 Å². The molecule has 2 heterocycles. The number of aryl methyl sites for hydroxylation is 1. The van der Waals surface area contributed by atoms with Gasteiger partial charge in [-0.1, -0.05) is 0 Å². The van der Waals surface area contributed by atoms with Crippen LogP contribution in [0, 0.1) is 11.3 Å². The molecule has 1 aliphatic rings. The average Bonchev–Trinajstić information content (AvgIpc) is 3.29. The molecule has 2 amide bonds. The van der Waals surface area contributed by atoms with E-state index in [-0.39, 0.29) is 37.6 Å². The topological polar surface area (TPSA) is 94.3 Å². The molecule has 0 saturated carbocycles. The van der Waals surface area contributed by atoms with E-state index in [9.17, 15) is 22.8 Å². The SMILES string of the molecule is CNC(=O)C1CN(C(=O)CCn2cccn2)CCN1c1ccc(C#N)c(C(F)(F)F)c1. The maximum absolute atomic E-state index is 13.4. The van der Waals surface area contributed by atoms with Crippen molar-refractivity contribution in [2.45, 2.75) is 25.2 Å². The fourth-order valence-electron chi connectivity index (χ4n) is 3.55. The molecule has 1 saturated heterocycles. The molecule has 1 atom stereocenters. The van der Waals surface area contributed by atoms with Gasteiger partial charge in [0.1, 0.15) is 6.04 Å². The van der Waals surface area contributed by atoms with Crippen molar-refractivity contribution in [2.75, 3.05) is 31.6 Å². The summed E-state index contributed by atoms with van der Waals surface area (Å²) in [5, 5.41) is 15.5. The maximum atomic E-state index is 13.4. The predicted molar refractivity (Wildman–Crippen MR) is 105 cm³/mol. The average molecular weight is 434 g/mol. The zero-order chi connectivity index (χ0) is 22.6. The highest BCUT2D eigenvalue weighted by molar-refractivity contribution is 5.87. The second kappa shape index (κ2) is 9.07. The molecule has 0 radical (unpaired) electrons. The van der Waals surface area contributed by atoms with Crippen molar-refractivity contribution >= 4 is 17.5 Å². The number of aromatic nitrogens is 2. The molecule has 8 nitrogen and oxygen atoms in total. The minimum Gasteiger partial charge on any atom is -0.357 e. The fourth-order valence-corrected chi connectivity index (χ4v) is 3.55. The van der Waals surface area contributed by atoms with Gasteiger partial charge in [-0.15, -0.1) is 0 Å². The smallest absolute Gasteiger partial charge is 0.357 e. The van der Waals surface area contributed by atoms with Gasteiger partial charge in [-0.25, -0.2) is 0 Å². The lowest BCUT2D eigenvalue weighted by Gasteiger charge is -2.42. The van der Waals surface area contributed by atoms with Gasteiger partial charge in [0.2, 0.25) is 11.8 Å². The molecular formula is C20H21F3N6O2. The lowest BCUT2D eigenvalue weighted by molar-refractivity contribution is -0.137. The van der Waals surface area contributed by atoms with Gasteiger partial charge in [0.25, 0.3) is 0 Å². The van der Waals surface area contributed by atoms with Crippen LogP contribution in [-0.2, 0) is 22.3 Å². The molecular weight excluding hydrogens is 413 g/mol. The Bertz CT molecular complexity index is 984. The number of hydrogen-bond donors (Lipinski definition) is 1. The second-order valence-electron chi connectivity index (χ2n) is 7.02. The van der Waals surface area contributed by atoms with Gasteiger partial charge in [0.15, 0.2) is 0 Å². The van der Waals surface area contributed by atoms with Gasteiger partial charge in [-0.2, -0.15) is 23.5 Å². The van der Waals surface area contributed by atoms with Crippen LogP contribution in [0.2, 0.25) is 0 Å². The van der Waals surface area contributed by atoms with Crippen LogP contribution in [0.1, 0.15) is 17.5 Å². The Morgan fingerprint density at radius 1 is 1.32 bits per heavy atom. The molecule has 1 aromatic heterocycles. The number of anilines is 1. The monoisotopic (exact) mass is 434 g/mol.